The van der Waals surface area contributed by atoms with Crippen LogP contribution in [0, 0.1) is 11.8 Å². The highest BCUT2D eigenvalue weighted by atomic mass is 19.1. The van der Waals surface area contributed by atoms with Gasteiger partial charge in [0.2, 0.25) is 11.8 Å². The van der Waals surface area contributed by atoms with Crippen molar-refractivity contribution in [3.05, 3.63) is 47.6 Å². The van der Waals surface area contributed by atoms with Crippen molar-refractivity contribution >= 4 is 24.0 Å². The normalized spacial score (nSPS) is 25.1. The average molecular weight is 685 g/mol. The zero-order valence-electron chi connectivity index (χ0n) is 28.6. The zero-order valence-corrected chi connectivity index (χ0v) is 28.6. The Morgan fingerprint density at radius 2 is 1.82 bits per heavy atom. The fraction of sp³-hybridized carbons (Fsp3) is 0.647. The minimum Gasteiger partial charge on any atom is -0.444 e. The maximum atomic E-state index is 15.2. The first-order valence-corrected chi connectivity index (χ1v) is 17.3. The first-order chi connectivity index (χ1) is 23.5. The van der Waals surface area contributed by atoms with Crippen molar-refractivity contribution in [2.24, 2.45) is 11.8 Å². The molecule has 5 heterocycles. The number of rotatable bonds is 8. The number of carbonyl (C=O) groups excluding carboxylic acids is 2. The summed E-state index contributed by atoms with van der Waals surface area (Å²) in [6, 6.07) is 0.00723. The minimum absolute atomic E-state index is 0.0230. The number of alkyl carbamates (subject to hydrolysis) is 1. The Labute approximate surface area is 285 Å². The van der Waals surface area contributed by atoms with Crippen molar-refractivity contribution < 1.29 is 32.4 Å². The third-order valence-corrected chi connectivity index (χ3v) is 9.65. The van der Waals surface area contributed by atoms with Crippen LogP contribution in [0.3, 0.4) is 0 Å². The van der Waals surface area contributed by atoms with E-state index in [1.165, 1.54) is 18.5 Å². The van der Waals surface area contributed by atoms with Gasteiger partial charge in [0.25, 0.3) is 5.91 Å². The first-order valence-electron chi connectivity index (χ1n) is 17.3. The lowest BCUT2D eigenvalue weighted by Gasteiger charge is -2.37. The van der Waals surface area contributed by atoms with E-state index in [2.05, 4.69) is 30.3 Å². The summed E-state index contributed by atoms with van der Waals surface area (Å²) in [5.74, 6) is -1.01. The third-order valence-electron chi connectivity index (χ3n) is 9.65. The monoisotopic (exact) mass is 684 g/mol. The molecule has 6 rings (SSSR count). The summed E-state index contributed by atoms with van der Waals surface area (Å²) in [5, 5.41) is 7.02. The first kappa shape index (κ1) is 34.7. The zero-order chi connectivity index (χ0) is 34.7. The van der Waals surface area contributed by atoms with Crippen LogP contribution in [0.5, 0.6) is 0 Å². The molecule has 0 radical (unpaired) electrons. The summed E-state index contributed by atoms with van der Waals surface area (Å²) in [6.45, 7) is 10.5. The lowest BCUT2D eigenvalue weighted by molar-refractivity contribution is 0.0488. The molecule has 2 aromatic heterocycles. The van der Waals surface area contributed by atoms with Crippen molar-refractivity contribution in [3.63, 3.8) is 0 Å². The highest BCUT2D eigenvalue weighted by Crippen LogP contribution is 2.38. The van der Waals surface area contributed by atoms with Crippen molar-refractivity contribution in [2.45, 2.75) is 90.0 Å². The number of piperidine rings is 1. The largest absolute Gasteiger partial charge is 0.444 e. The van der Waals surface area contributed by atoms with E-state index < -0.39 is 29.5 Å². The second-order valence-electron chi connectivity index (χ2n) is 14.1. The lowest BCUT2D eigenvalue weighted by atomic mass is 9.84. The van der Waals surface area contributed by atoms with Crippen LogP contribution in [0.25, 0.3) is 0 Å². The molecule has 4 atom stereocenters. The molecule has 3 fully saturated rings. The minimum atomic E-state index is -0.712. The van der Waals surface area contributed by atoms with Crippen LogP contribution in [0.15, 0.2) is 40.7 Å². The quantitative estimate of drug-likeness (QED) is 0.388. The Kier molecular flexibility index (Phi) is 10.5. The number of aromatic nitrogens is 4. The summed E-state index contributed by atoms with van der Waals surface area (Å²) < 4.78 is 45.9. The molecule has 1 aliphatic carbocycles. The lowest BCUT2D eigenvalue weighted by Crippen LogP contribution is -2.47. The van der Waals surface area contributed by atoms with E-state index in [9.17, 15) is 14.0 Å². The Bertz CT molecular complexity index is 1530. The van der Waals surface area contributed by atoms with Crippen LogP contribution in [0.2, 0.25) is 0 Å². The number of allylic oxidation sites excluding steroid dienone is 4. The molecule has 0 aromatic carbocycles. The summed E-state index contributed by atoms with van der Waals surface area (Å²) in [6.07, 6.45) is 8.38. The molecule has 266 valence electrons. The molecule has 2 amide bonds. The summed E-state index contributed by atoms with van der Waals surface area (Å²) in [7, 11) is 0. The van der Waals surface area contributed by atoms with Crippen LogP contribution in [0.1, 0.15) is 88.5 Å². The molecule has 3 aliphatic heterocycles. The maximum Gasteiger partial charge on any atom is 0.407 e. The van der Waals surface area contributed by atoms with Crippen LogP contribution < -0.4 is 15.1 Å². The molecule has 0 spiro atoms. The van der Waals surface area contributed by atoms with E-state index in [-0.39, 0.29) is 42.6 Å². The average Bonchev–Trinajstić information content (AvgIpc) is 3.84. The van der Waals surface area contributed by atoms with E-state index in [1.807, 2.05) is 16.7 Å². The van der Waals surface area contributed by atoms with Crippen molar-refractivity contribution in [1.29, 1.82) is 0 Å². The number of nitrogens with one attached hydrogen (secondary N) is 1. The van der Waals surface area contributed by atoms with Gasteiger partial charge in [-0.25, -0.2) is 23.5 Å². The molecule has 0 saturated carbocycles. The highest BCUT2D eigenvalue weighted by molar-refractivity contribution is 5.94. The Hall–Kier alpha value is -4.14. The van der Waals surface area contributed by atoms with Gasteiger partial charge in [-0.05, 0) is 78.4 Å². The molecule has 0 unspecified atom stereocenters. The number of ether oxygens (including phenoxy) is 2. The predicted molar refractivity (Wildman–Crippen MR) is 176 cm³/mol. The number of halogens is 2. The molecule has 3 saturated heterocycles. The molecular formula is C34H46F2N8O5. The van der Waals surface area contributed by atoms with Gasteiger partial charge in [-0.3, -0.25) is 4.79 Å². The van der Waals surface area contributed by atoms with Crippen molar-refractivity contribution in [3.8, 4) is 0 Å². The van der Waals surface area contributed by atoms with Gasteiger partial charge in [-0.1, -0.05) is 5.16 Å². The number of hydrogen-bond acceptors (Lipinski definition) is 11. The topological polar surface area (TPSA) is 139 Å². The molecule has 4 aliphatic rings. The summed E-state index contributed by atoms with van der Waals surface area (Å²) in [4.78, 5) is 45.8. The fourth-order valence-corrected chi connectivity index (χ4v) is 7.20. The number of nitrogens with zero attached hydrogens (tertiary/aromatic N) is 7. The highest BCUT2D eigenvalue weighted by Gasteiger charge is 2.42. The Morgan fingerprint density at radius 3 is 2.49 bits per heavy atom. The van der Waals surface area contributed by atoms with Crippen LogP contribution in [0.4, 0.5) is 25.5 Å². The number of amides is 2. The molecular weight excluding hydrogens is 638 g/mol. The van der Waals surface area contributed by atoms with Gasteiger partial charge in [-0.15, -0.1) is 0 Å². The maximum absolute atomic E-state index is 15.2. The smallest absolute Gasteiger partial charge is 0.407 e. The summed E-state index contributed by atoms with van der Waals surface area (Å²) in [5.41, 5.74) is -0.347. The van der Waals surface area contributed by atoms with E-state index >= 15 is 4.39 Å². The Morgan fingerprint density at radius 1 is 1.06 bits per heavy atom. The van der Waals surface area contributed by atoms with Gasteiger partial charge in [0.1, 0.15) is 23.4 Å². The second-order valence-corrected chi connectivity index (χ2v) is 14.1. The molecule has 2 aromatic rings. The van der Waals surface area contributed by atoms with Crippen LogP contribution in [-0.2, 0) is 9.47 Å². The molecule has 1 N–H and O–H groups in total. The van der Waals surface area contributed by atoms with Crippen LogP contribution >= 0.6 is 0 Å². The standard InChI is InChI=1S/C34H46F2N8O5/c1-5-44(23-12-14-42(15-13-23)32-40-29(41-49-32)28-7-6-16-47-28)30(45)21-17-37-31(38-18-21)43-19-25(24-10-8-22(35)9-11-26(24)36)27(20-43)39-33(46)48-34(2,3)4/h9,11,17-18,23-25,27-28H,5-8,10,12-16,19-20H2,1-4H3,(H,39,46)/t24-,25-,27+,28+/m1/s1. The van der Waals surface area contributed by atoms with Crippen molar-refractivity contribution in [2.75, 3.05) is 49.1 Å². The number of carbonyl (C=O) groups is 2. The number of anilines is 2. The van der Waals surface area contributed by atoms with Gasteiger partial charge < -0.3 is 34.0 Å². The third kappa shape index (κ3) is 8.19. The molecule has 15 heteroatoms. The van der Waals surface area contributed by atoms with Gasteiger partial charge in [0.15, 0.2) is 0 Å². The molecule has 13 nitrogen and oxygen atoms in total. The van der Waals surface area contributed by atoms with Crippen molar-refractivity contribution in [1.82, 2.24) is 30.3 Å². The Balaban J connectivity index is 1.09. The number of hydrogen-bond donors (Lipinski definition) is 1. The van der Waals surface area contributed by atoms with Gasteiger partial charge in [0.05, 0.1) is 11.6 Å². The second kappa shape index (κ2) is 14.8. The van der Waals surface area contributed by atoms with E-state index in [1.54, 1.807) is 20.8 Å². The van der Waals surface area contributed by atoms with Gasteiger partial charge >= 0.3 is 12.1 Å². The SMILES string of the molecule is CCN(C(=O)c1cnc(N2C[C@H]([C@H]3CCC(F)=CC=C3F)[C@@H](NC(=O)OC(C)(C)C)C2)nc1)C1CCN(c2nc([C@@H]3CCCO3)no2)CC1. The molecule has 49 heavy (non-hydrogen) atoms. The predicted octanol–water partition coefficient (Wildman–Crippen LogP) is 5.29. The summed E-state index contributed by atoms with van der Waals surface area (Å²) >= 11 is 0. The van der Waals surface area contributed by atoms with E-state index in [4.69, 9.17) is 14.0 Å². The fourth-order valence-electron chi connectivity index (χ4n) is 7.20. The van der Waals surface area contributed by atoms with E-state index in [0.717, 1.165) is 31.8 Å². The van der Waals surface area contributed by atoms with Gasteiger partial charge in [-0.2, -0.15) is 4.98 Å². The molecule has 0 bridgehead atoms. The van der Waals surface area contributed by atoms with Gasteiger partial charge in [0, 0.05) is 69.6 Å². The van der Waals surface area contributed by atoms with E-state index in [0.29, 0.717) is 62.7 Å². The van der Waals surface area contributed by atoms with Crippen LogP contribution in [-0.4, -0.2) is 94.0 Å².